The number of allylic oxidation sites excluding steroid dienone is 1. The third kappa shape index (κ3) is 3.99. The van der Waals surface area contributed by atoms with Crippen molar-refractivity contribution in [3.8, 4) is 0 Å². The van der Waals surface area contributed by atoms with Gasteiger partial charge >= 0.3 is 6.09 Å². The molecule has 0 aliphatic carbocycles. The van der Waals surface area contributed by atoms with Gasteiger partial charge in [0.1, 0.15) is 5.60 Å². The number of carbonyl (C=O) groups is 2. The molecule has 0 aromatic carbocycles. The van der Waals surface area contributed by atoms with Gasteiger partial charge in [-0.2, -0.15) is 0 Å². The molecule has 5 heteroatoms. The van der Waals surface area contributed by atoms with Crippen LogP contribution in [0.25, 0.3) is 0 Å². The normalized spacial score (nSPS) is 23.9. The zero-order chi connectivity index (χ0) is 15.6. The van der Waals surface area contributed by atoms with E-state index in [0.29, 0.717) is 6.54 Å². The Bertz CT molecular complexity index is 451. The second-order valence-electron chi connectivity index (χ2n) is 6.93. The highest BCUT2D eigenvalue weighted by Crippen LogP contribution is 2.26. The first kappa shape index (κ1) is 15.9. The molecular formula is C16H26N2O3. The maximum absolute atomic E-state index is 12.3. The highest BCUT2D eigenvalue weighted by Gasteiger charge is 2.30. The standard InChI is InChI=1S/C16H26N2O3/c1-12-7-5-10-18(14(12)19)13-8-6-9-17(11-13)15(20)21-16(2,3)4/h11-12H,5-10H2,1-4H3. The number of piperidine rings is 1. The van der Waals surface area contributed by atoms with E-state index < -0.39 is 5.60 Å². The number of ether oxygens (including phenoxy) is 1. The van der Waals surface area contributed by atoms with Gasteiger partial charge in [0.05, 0.1) is 0 Å². The van der Waals surface area contributed by atoms with Gasteiger partial charge in [0.15, 0.2) is 0 Å². The first-order valence-electron chi connectivity index (χ1n) is 7.79. The molecule has 1 fully saturated rings. The summed E-state index contributed by atoms with van der Waals surface area (Å²) in [6.07, 6.45) is 5.15. The smallest absolute Gasteiger partial charge is 0.414 e. The maximum Gasteiger partial charge on any atom is 0.414 e. The first-order valence-corrected chi connectivity index (χ1v) is 7.79. The molecule has 0 N–H and O–H groups in total. The summed E-state index contributed by atoms with van der Waals surface area (Å²) in [7, 11) is 0. The van der Waals surface area contributed by atoms with E-state index in [4.69, 9.17) is 4.74 Å². The molecule has 2 aliphatic rings. The maximum atomic E-state index is 12.3. The Kier molecular flexibility index (Phi) is 4.59. The number of nitrogens with zero attached hydrogens (tertiary/aromatic N) is 2. The Labute approximate surface area is 126 Å². The molecule has 1 saturated heterocycles. The Hall–Kier alpha value is -1.52. The van der Waals surface area contributed by atoms with Crippen LogP contribution in [0.1, 0.15) is 53.4 Å². The number of hydrogen-bond acceptors (Lipinski definition) is 3. The SMILES string of the molecule is CC1CCCN(C2=CN(C(=O)OC(C)(C)C)CCC2)C1=O. The fraction of sp³-hybridized carbons (Fsp3) is 0.750. The number of hydrogen-bond donors (Lipinski definition) is 0. The number of amides is 2. The van der Waals surface area contributed by atoms with Gasteiger partial charge in [-0.15, -0.1) is 0 Å². The molecule has 0 saturated carbocycles. The van der Waals surface area contributed by atoms with Gasteiger partial charge < -0.3 is 9.64 Å². The van der Waals surface area contributed by atoms with Crippen molar-refractivity contribution in [3.63, 3.8) is 0 Å². The van der Waals surface area contributed by atoms with E-state index in [1.807, 2.05) is 32.6 Å². The summed E-state index contributed by atoms with van der Waals surface area (Å²) >= 11 is 0. The van der Waals surface area contributed by atoms with Crippen LogP contribution in [-0.4, -0.2) is 40.5 Å². The van der Waals surface area contributed by atoms with Crippen LogP contribution in [0.5, 0.6) is 0 Å². The predicted molar refractivity (Wildman–Crippen MR) is 80.4 cm³/mol. The second kappa shape index (κ2) is 6.08. The lowest BCUT2D eigenvalue weighted by Crippen LogP contribution is -2.43. The molecule has 1 atom stereocenters. The highest BCUT2D eigenvalue weighted by molar-refractivity contribution is 5.81. The Morgan fingerprint density at radius 2 is 2.00 bits per heavy atom. The van der Waals surface area contributed by atoms with Gasteiger partial charge in [-0.1, -0.05) is 6.92 Å². The van der Waals surface area contributed by atoms with E-state index in [1.54, 1.807) is 11.1 Å². The van der Waals surface area contributed by atoms with Crippen LogP contribution in [0.3, 0.4) is 0 Å². The number of carbonyl (C=O) groups excluding carboxylic acids is 2. The summed E-state index contributed by atoms with van der Waals surface area (Å²) in [6, 6.07) is 0. The zero-order valence-corrected chi connectivity index (χ0v) is 13.5. The van der Waals surface area contributed by atoms with E-state index in [0.717, 1.165) is 37.9 Å². The quantitative estimate of drug-likeness (QED) is 0.746. The Morgan fingerprint density at radius 1 is 1.29 bits per heavy atom. The number of rotatable bonds is 1. The van der Waals surface area contributed by atoms with E-state index >= 15 is 0 Å². The van der Waals surface area contributed by atoms with E-state index in [-0.39, 0.29) is 17.9 Å². The van der Waals surface area contributed by atoms with E-state index in [1.165, 1.54) is 0 Å². The molecule has 2 amide bonds. The third-order valence-corrected chi connectivity index (χ3v) is 3.82. The average Bonchev–Trinajstić information content (AvgIpc) is 2.40. The van der Waals surface area contributed by atoms with Crippen LogP contribution < -0.4 is 0 Å². The highest BCUT2D eigenvalue weighted by atomic mass is 16.6. The van der Waals surface area contributed by atoms with Crippen LogP contribution in [0.4, 0.5) is 4.79 Å². The zero-order valence-electron chi connectivity index (χ0n) is 13.5. The topological polar surface area (TPSA) is 49.9 Å². The Balaban J connectivity index is 2.10. The summed E-state index contributed by atoms with van der Waals surface area (Å²) < 4.78 is 5.40. The Morgan fingerprint density at radius 3 is 2.67 bits per heavy atom. The summed E-state index contributed by atoms with van der Waals surface area (Å²) in [5, 5.41) is 0. The molecular weight excluding hydrogens is 268 g/mol. The second-order valence-corrected chi connectivity index (χ2v) is 6.93. The summed E-state index contributed by atoms with van der Waals surface area (Å²) in [5.74, 6) is 0.259. The monoisotopic (exact) mass is 294 g/mol. The molecule has 2 heterocycles. The predicted octanol–water partition coefficient (Wildman–Crippen LogP) is 3.12. The minimum atomic E-state index is -0.502. The molecule has 0 radical (unpaired) electrons. The summed E-state index contributed by atoms with van der Waals surface area (Å²) in [4.78, 5) is 27.9. The van der Waals surface area contributed by atoms with E-state index in [2.05, 4.69) is 0 Å². The van der Waals surface area contributed by atoms with Crippen molar-refractivity contribution in [2.24, 2.45) is 5.92 Å². The molecule has 118 valence electrons. The number of likely N-dealkylation sites (tertiary alicyclic amines) is 1. The lowest BCUT2D eigenvalue weighted by atomic mass is 9.97. The van der Waals surface area contributed by atoms with Crippen molar-refractivity contribution in [1.29, 1.82) is 0 Å². The van der Waals surface area contributed by atoms with Crippen LogP contribution in [-0.2, 0) is 9.53 Å². The van der Waals surface area contributed by atoms with Crippen molar-refractivity contribution >= 4 is 12.0 Å². The van der Waals surface area contributed by atoms with Gasteiger partial charge in [-0.3, -0.25) is 9.69 Å². The summed E-state index contributed by atoms with van der Waals surface area (Å²) in [6.45, 7) is 8.95. The van der Waals surface area contributed by atoms with Crippen molar-refractivity contribution < 1.29 is 14.3 Å². The van der Waals surface area contributed by atoms with Gasteiger partial charge in [0.2, 0.25) is 5.91 Å². The van der Waals surface area contributed by atoms with Gasteiger partial charge in [-0.05, 0) is 46.5 Å². The van der Waals surface area contributed by atoms with Gasteiger partial charge in [0, 0.05) is 30.9 Å². The van der Waals surface area contributed by atoms with Crippen molar-refractivity contribution in [2.45, 2.75) is 59.0 Å². The van der Waals surface area contributed by atoms with Gasteiger partial charge in [0.25, 0.3) is 0 Å². The molecule has 1 unspecified atom stereocenters. The fourth-order valence-electron chi connectivity index (χ4n) is 2.75. The molecule has 5 nitrogen and oxygen atoms in total. The van der Waals surface area contributed by atoms with Crippen molar-refractivity contribution in [2.75, 3.05) is 13.1 Å². The lowest BCUT2D eigenvalue weighted by Gasteiger charge is -2.36. The van der Waals surface area contributed by atoms with Crippen LogP contribution in [0.15, 0.2) is 11.9 Å². The first-order chi connectivity index (χ1) is 9.78. The van der Waals surface area contributed by atoms with Crippen LogP contribution in [0.2, 0.25) is 0 Å². The molecule has 0 spiro atoms. The van der Waals surface area contributed by atoms with Crippen molar-refractivity contribution in [1.82, 2.24) is 9.80 Å². The van der Waals surface area contributed by atoms with Crippen LogP contribution >= 0.6 is 0 Å². The molecule has 21 heavy (non-hydrogen) atoms. The minimum absolute atomic E-state index is 0.0801. The summed E-state index contributed by atoms with van der Waals surface area (Å²) in [5.41, 5.74) is 0.446. The fourth-order valence-corrected chi connectivity index (χ4v) is 2.75. The molecule has 0 bridgehead atoms. The third-order valence-electron chi connectivity index (χ3n) is 3.82. The largest absolute Gasteiger partial charge is 0.443 e. The van der Waals surface area contributed by atoms with Crippen molar-refractivity contribution in [3.05, 3.63) is 11.9 Å². The van der Waals surface area contributed by atoms with E-state index in [9.17, 15) is 9.59 Å². The minimum Gasteiger partial charge on any atom is -0.443 e. The van der Waals surface area contributed by atoms with Crippen LogP contribution in [0, 0.1) is 5.92 Å². The molecule has 2 rings (SSSR count). The molecule has 0 aromatic rings. The lowest BCUT2D eigenvalue weighted by molar-refractivity contribution is -0.135. The molecule has 2 aliphatic heterocycles. The molecule has 0 aromatic heterocycles. The average molecular weight is 294 g/mol. The van der Waals surface area contributed by atoms with Gasteiger partial charge in [-0.25, -0.2) is 4.79 Å².